The van der Waals surface area contributed by atoms with Crippen LogP contribution >= 0.6 is 0 Å². The van der Waals surface area contributed by atoms with Gasteiger partial charge in [0, 0.05) is 0 Å². The summed E-state index contributed by atoms with van der Waals surface area (Å²) in [5.74, 6) is 0. The van der Waals surface area contributed by atoms with Crippen molar-refractivity contribution in [1.82, 2.24) is 0 Å². The van der Waals surface area contributed by atoms with Crippen LogP contribution in [-0.4, -0.2) is 7.05 Å². The molecular weight excluding hydrogens is 170 g/mol. The van der Waals surface area contributed by atoms with Crippen LogP contribution in [0.4, 0.5) is 5.69 Å². The maximum Gasteiger partial charge on any atom is 0.129 e. The molecule has 0 saturated heterocycles. The standard InChI is InChI=1S/C13H13N/c1-14-13-9-7-12(8-10-13)11-5-3-2-4-6-11/h2-10,14H,1H3/p+1. The summed E-state index contributed by atoms with van der Waals surface area (Å²) >= 11 is 0. The summed E-state index contributed by atoms with van der Waals surface area (Å²) in [7, 11) is 2.05. The van der Waals surface area contributed by atoms with Crippen molar-refractivity contribution in [3.8, 4) is 11.1 Å². The highest BCUT2D eigenvalue weighted by atomic mass is 14.8. The first-order chi connectivity index (χ1) is 6.90. The molecule has 0 spiro atoms. The van der Waals surface area contributed by atoms with Gasteiger partial charge in [-0.2, -0.15) is 0 Å². The summed E-state index contributed by atoms with van der Waals surface area (Å²) < 4.78 is 0. The maximum atomic E-state index is 2.16. The van der Waals surface area contributed by atoms with E-state index in [1.54, 1.807) is 0 Å². The van der Waals surface area contributed by atoms with Crippen molar-refractivity contribution in [3.63, 3.8) is 0 Å². The molecule has 70 valence electrons. The molecule has 0 aliphatic heterocycles. The van der Waals surface area contributed by atoms with Crippen molar-refractivity contribution in [2.45, 2.75) is 0 Å². The first kappa shape index (κ1) is 8.97. The molecule has 2 aromatic rings. The molecule has 0 radical (unpaired) electrons. The first-order valence-electron chi connectivity index (χ1n) is 4.85. The second-order valence-electron chi connectivity index (χ2n) is 3.28. The summed E-state index contributed by atoms with van der Waals surface area (Å²) in [6, 6.07) is 19.0. The van der Waals surface area contributed by atoms with Gasteiger partial charge in [-0.1, -0.05) is 30.3 Å². The Bertz CT molecular complexity index is 389. The van der Waals surface area contributed by atoms with Gasteiger partial charge in [0.25, 0.3) is 0 Å². The van der Waals surface area contributed by atoms with Crippen LogP contribution in [0.1, 0.15) is 0 Å². The Morgan fingerprint density at radius 1 is 0.714 bits per heavy atom. The van der Waals surface area contributed by atoms with Gasteiger partial charge in [-0.05, 0) is 35.4 Å². The van der Waals surface area contributed by atoms with Gasteiger partial charge in [-0.25, -0.2) is 0 Å². The normalized spacial score (nSPS) is 10.1. The topological polar surface area (TPSA) is 16.6 Å². The lowest BCUT2D eigenvalue weighted by Crippen LogP contribution is -2.72. The number of nitrogens with two attached hydrogens (primary N) is 1. The molecule has 1 nitrogen and oxygen atoms in total. The highest BCUT2D eigenvalue weighted by Crippen LogP contribution is 2.19. The lowest BCUT2D eigenvalue weighted by molar-refractivity contribution is -0.539. The van der Waals surface area contributed by atoms with Crippen LogP contribution in [0.25, 0.3) is 11.1 Å². The summed E-state index contributed by atoms with van der Waals surface area (Å²) in [6.07, 6.45) is 0. The van der Waals surface area contributed by atoms with E-state index in [0.29, 0.717) is 0 Å². The maximum absolute atomic E-state index is 2.16. The third-order valence-electron chi connectivity index (χ3n) is 2.35. The van der Waals surface area contributed by atoms with Crippen molar-refractivity contribution in [3.05, 3.63) is 54.6 Å². The van der Waals surface area contributed by atoms with E-state index in [-0.39, 0.29) is 0 Å². The molecule has 2 aromatic carbocycles. The summed E-state index contributed by atoms with van der Waals surface area (Å²) in [4.78, 5) is 0. The van der Waals surface area contributed by atoms with Gasteiger partial charge in [0.2, 0.25) is 0 Å². The zero-order valence-corrected chi connectivity index (χ0v) is 8.27. The minimum Gasteiger partial charge on any atom is -0.316 e. The highest BCUT2D eigenvalue weighted by Gasteiger charge is 1.96. The molecule has 2 N–H and O–H groups in total. The number of quaternary nitrogens is 1. The van der Waals surface area contributed by atoms with Crippen molar-refractivity contribution in [2.75, 3.05) is 7.05 Å². The zero-order valence-electron chi connectivity index (χ0n) is 8.27. The van der Waals surface area contributed by atoms with Crippen LogP contribution in [0.5, 0.6) is 0 Å². The van der Waals surface area contributed by atoms with E-state index in [1.807, 2.05) is 6.07 Å². The van der Waals surface area contributed by atoms with E-state index in [9.17, 15) is 0 Å². The molecule has 0 saturated carbocycles. The molecule has 0 unspecified atom stereocenters. The Balaban J connectivity index is 2.34. The van der Waals surface area contributed by atoms with Crippen LogP contribution < -0.4 is 5.32 Å². The predicted molar refractivity (Wildman–Crippen MR) is 59.4 cm³/mol. The number of hydrogen-bond acceptors (Lipinski definition) is 0. The number of rotatable bonds is 2. The highest BCUT2D eigenvalue weighted by molar-refractivity contribution is 5.64. The lowest BCUT2D eigenvalue weighted by atomic mass is 10.1. The van der Waals surface area contributed by atoms with Crippen LogP contribution in [0.3, 0.4) is 0 Å². The van der Waals surface area contributed by atoms with E-state index < -0.39 is 0 Å². The van der Waals surface area contributed by atoms with E-state index in [1.165, 1.54) is 16.8 Å². The van der Waals surface area contributed by atoms with E-state index in [2.05, 4.69) is 60.9 Å². The molecule has 0 bridgehead atoms. The quantitative estimate of drug-likeness (QED) is 0.689. The fourth-order valence-corrected chi connectivity index (χ4v) is 1.50. The van der Waals surface area contributed by atoms with E-state index in [0.717, 1.165) is 0 Å². The Morgan fingerprint density at radius 2 is 1.29 bits per heavy atom. The van der Waals surface area contributed by atoms with E-state index in [4.69, 9.17) is 0 Å². The van der Waals surface area contributed by atoms with Gasteiger partial charge in [0.05, 0.1) is 7.05 Å². The molecule has 14 heavy (non-hydrogen) atoms. The molecule has 0 aliphatic carbocycles. The largest absolute Gasteiger partial charge is 0.316 e. The van der Waals surface area contributed by atoms with Gasteiger partial charge in [-0.3, -0.25) is 0 Å². The monoisotopic (exact) mass is 184 g/mol. The number of hydrogen-bond donors (Lipinski definition) is 1. The predicted octanol–water partition coefficient (Wildman–Crippen LogP) is 2.18. The zero-order chi connectivity index (χ0) is 9.80. The summed E-state index contributed by atoms with van der Waals surface area (Å²) in [5.41, 5.74) is 3.82. The first-order valence-corrected chi connectivity index (χ1v) is 4.85. The van der Waals surface area contributed by atoms with Gasteiger partial charge >= 0.3 is 0 Å². The molecule has 0 fully saturated rings. The SMILES string of the molecule is C[NH2+]c1ccc(-c2ccccc2)cc1. The van der Waals surface area contributed by atoms with Crippen LogP contribution in [0.2, 0.25) is 0 Å². The van der Waals surface area contributed by atoms with Crippen molar-refractivity contribution in [2.24, 2.45) is 0 Å². The molecule has 2 rings (SSSR count). The van der Waals surface area contributed by atoms with Crippen molar-refractivity contribution in [1.29, 1.82) is 0 Å². The smallest absolute Gasteiger partial charge is 0.129 e. The summed E-state index contributed by atoms with van der Waals surface area (Å²) in [6.45, 7) is 0. The average Bonchev–Trinajstić information content (AvgIpc) is 2.30. The Labute approximate surface area is 84.4 Å². The molecule has 0 atom stereocenters. The lowest BCUT2D eigenvalue weighted by Gasteiger charge is -2.01. The van der Waals surface area contributed by atoms with Crippen LogP contribution in [0.15, 0.2) is 54.6 Å². The van der Waals surface area contributed by atoms with Crippen LogP contribution in [0, 0.1) is 0 Å². The van der Waals surface area contributed by atoms with Gasteiger partial charge in [-0.15, -0.1) is 0 Å². The molecule has 0 heterocycles. The number of benzene rings is 2. The Kier molecular flexibility index (Phi) is 2.61. The Hall–Kier alpha value is -1.60. The molecule has 1 heteroatoms. The second-order valence-corrected chi connectivity index (χ2v) is 3.28. The molecular formula is C13H14N+. The average molecular weight is 184 g/mol. The second kappa shape index (κ2) is 4.07. The molecule has 0 amide bonds. The molecule has 0 aliphatic rings. The fourth-order valence-electron chi connectivity index (χ4n) is 1.50. The van der Waals surface area contributed by atoms with Gasteiger partial charge in [0.1, 0.15) is 5.69 Å². The minimum absolute atomic E-state index is 1.27. The minimum atomic E-state index is 1.27. The third-order valence-corrected chi connectivity index (χ3v) is 2.35. The fraction of sp³-hybridized carbons (Fsp3) is 0.0769. The third kappa shape index (κ3) is 1.83. The van der Waals surface area contributed by atoms with Crippen molar-refractivity contribution >= 4 is 5.69 Å². The van der Waals surface area contributed by atoms with Crippen LogP contribution in [-0.2, 0) is 0 Å². The molecule has 0 aromatic heterocycles. The van der Waals surface area contributed by atoms with E-state index >= 15 is 0 Å². The van der Waals surface area contributed by atoms with Gasteiger partial charge in [0.15, 0.2) is 0 Å². The Morgan fingerprint density at radius 3 is 1.86 bits per heavy atom. The summed E-state index contributed by atoms with van der Waals surface area (Å²) in [5, 5.41) is 2.11. The van der Waals surface area contributed by atoms with Gasteiger partial charge < -0.3 is 5.32 Å². The van der Waals surface area contributed by atoms with Crippen molar-refractivity contribution < 1.29 is 5.32 Å².